The number of amides is 3. The lowest BCUT2D eigenvalue weighted by Gasteiger charge is -2.17. The number of nitrogens with zero attached hydrogens (tertiary/aromatic N) is 1. The van der Waals surface area contributed by atoms with E-state index in [2.05, 4.69) is 17.5 Å². The van der Waals surface area contributed by atoms with Crippen LogP contribution in [0.15, 0.2) is 66.7 Å². The van der Waals surface area contributed by atoms with Crippen molar-refractivity contribution in [2.45, 2.75) is 6.42 Å². The molecule has 0 radical (unpaired) electrons. The quantitative estimate of drug-likeness (QED) is 0.677. The molecule has 27 heavy (non-hydrogen) atoms. The fourth-order valence-electron chi connectivity index (χ4n) is 4.64. The highest BCUT2D eigenvalue weighted by Crippen LogP contribution is 2.53. The fraction of sp³-hybridized carbons (Fsp3) is 0.227. The minimum atomic E-state index is -0.231. The van der Waals surface area contributed by atoms with Crippen molar-refractivity contribution in [2.75, 3.05) is 10.2 Å². The molecule has 2 fully saturated rings. The smallest absolute Gasteiger partial charge is 0.255 e. The SMILES string of the molecule is O=C(Nc1ccccc1)c1ccc(N2C(=O)[C@@H]3[C@@H](C2=O)[C@H]2C=C[C@H]3C2)cc1. The largest absolute Gasteiger partial charge is 0.322 e. The Hall–Kier alpha value is -3.21. The molecule has 2 bridgehead atoms. The van der Waals surface area contributed by atoms with Crippen molar-refractivity contribution in [3.8, 4) is 0 Å². The summed E-state index contributed by atoms with van der Waals surface area (Å²) in [6, 6.07) is 15.8. The summed E-state index contributed by atoms with van der Waals surface area (Å²) in [5, 5.41) is 2.82. The van der Waals surface area contributed by atoms with Gasteiger partial charge in [-0.1, -0.05) is 30.4 Å². The first-order valence-corrected chi connectivity index (χ1v) is 9.16. The van der Waals surface area contributed by atoms with Gasteiger partial charge in [0.2, 0.25) is 11.8 Å². The van der Waals surface area contributed by atoms with E-state index in [-0.39, 0.29) is 41.4 Å². The van der Waals surface area contributed by atoms with Crippen LogP contribution in [0, 0.1) is 23.7 Å². The van der Waals surface area contributed by atoms with Gasteiger partial charge < -0.3 is 5.32 Å². The van der Waals surface area contributed by atoms with E-state index in [1.165, 1.54) is 4.90 Å². The number of para-hydroxylation sites is 1. The van der Waals surface area contributed by atoms with Crippen LogP contribution in [0.25, 0.3) is 0 Å². The van der Waals surface area contributed by atoms with Crippen LogP contribution < -0.4 is 10.2 Å². The highest BCUT2D eigenvalue weighted by molar-refractivity contribution is 6.23. The van der Waals surface area contributed by atoms with Crippen molar-refractivity contribution in [3.05, 3.63) is 72.3 Å². The third-order valence-corrected chi connectivity index (χ3v) is 5.89. The number of fused-ring (bicyclic) bond motifs is 5. The number of allylic oxidation sites excluding steroid dienone is 2. The molecule has 2 aliphatic carbocycles. The molecular formula is C22H18N2O3. The molecule has 0 aromatic heterocycles. The first-order chi connectivity index (χ1) is 13.1. The van der Waals surface area contributed by atoms with Crippen molar-refractivity contribution in [1.82, 2.24) is 0 Å². The standard InChI is InChI=1S/C22H18N2O3/c25-20(23-16-4-2-1-3-5-16)13-8-10-17(11-9-13)24-21(26)18-14-6-7-15(12-14)19(18)22(24)27/h1-11,14-15,18-19H,12H2,(H,23,25)/t14-,15-,18-,19-/m0/s1. The summed E-state index contributed by atoms with van der Waals surface area (Å²) in [7, 11) is 0. The predicted molar refractivity (Wildman–Crippen MR) is 101 cm³/mol. The second-order valence-electron chi connectivity index (χ2n) is 7.38. The zero-order valence-electron chi connectivity index (χ0n) is 14.5. The van der Waals surface area contributed by atoms with Gasteiger partial charge >= 0.3 is 0 Å². The molecule has 2 aromatic carbocycles. The van der Waals surface area contributed by atoms with Gasteiger partial charge in [0, 0.05) is 11.3 Å². The Morgan fingerprint density at radius 2 is 1.44 bits per heavy atom. The number of hydrogen-bond donors (Lipinski definition) is 1. The van der Waals surface area contributed by atoms with Gasteiger partial charge in [0.25, 0.3) is 5.91 Å². The summed E-state index contributed by atoms with van der Waals surface area (Å²) in [5.41, 5.74) is 1.73. The van der Waals surface area contributed by atoms with Gasteiger partial charge in [0.15, 0.2) is 0 Å². The van der Waals surface area contributed by atoms with Crippen molar-refractivity contribution < 1.29 is 14.4 Å². The predicted octanol–water partition coefficient (Wildman–Crippen LogP) is 3.25. The normalized spacial score (nSPS) is 27.9. The Morgan fingerprint density at radius 1 is 0.852 bits per heavy atom. The van der Waals surface area contributed by atoms with Crippen LogP contribution in [0.1, 0.15) is 16.8 Å². The Labute approximate surface area is 156 Å². The molecule has 134 valence electrons. The average molecular weight is 358 g/mol. The van der Waals surface area contributed by atoms with E-state index in [1.807, 2.05) is 30.3 Å². The number of anilines is 2. The number of benzene rings is 2. The van der Waals surface area contributed by atoms with Gasteiger partial charge in [-0.25, -0.2) is 0 Å². The summed E-state index contributed by atoms with van der Waals surface area (Å²) in [4.78, 5) is 39.3. The molecule has 5 nitrogen and oxygen atoms in total. The van der Waals surface area contributed by atoms with Gasteiger partial charge in [-0.3, -0.25) is 19.3 Å². The maximum absolute atomic E-state index is 12.8. The third-order valence-electron chi connectivity index (χ3n) is 5.89. The van der Waals surface area contributed by atoms with Gasteiger partial charge in [-0.15, -0.1) is 0 Å². The molecule has 3 aliphatic rings. The highest BCUT2D eigenvalue weighted by Gasteiger charge is 2.59. The summed E-state index contributed by atoms with van der Waals surface area (Å²) in [6.07, 6.45) is 5.08. The molecular weight excluding hydrogens is 340 g/mol. The maximum Gasteiger partial charge on any atom is 0.255 e. The Kier molecular flexibility index (Phi) is 3.50. The molecule has 1 saturated carbocycles. The van der Waals surface area contributed by atoms with Crippen molar-refractivity contribution >= 4 is 29.1 Å². The first kappa shape index (κ1) is 16.0. The Morgan fingerprint density at radius 3 is 2.04 bits per heavy atom. The molecule has 5 heteroatoms. The molecule has 2 aromatic rings. The minimum Gasteiger partial charge on any atom is -0.322 e. The van der Waals surface area contributed by atoms with E-state index in [9.17, 15) is 14.4 Å². The molecule has 4 atom stereocenters. The van der Waals surface area contributed by atoms with E-state index >= 15 is 0 Å². The second-order valence-corrected chi connectivity index (χ2v) is 7.38. The van der Waals surface area contributed by atoms with Gasteiger partial charge in [0.1, 0.15) is 0 Å². The molecule has 1 heterocycles. The lowest BCUT2D eigenvalue weighted by atomic mass is 9.85. The van der Waals surface area contributed by atoms with Crippen molar-refractivity contribution in [3.63, 3.8) is 0 Å². The van der Waals surface area contributed by atoms with E-state index in [4.69, 9.17) is 0 Å². The second kappa shape index (κ2) is 5.91. The van der Waals surface area contributed by atoms with Crippen molar-refractivity contribution in [2.24, 2.45) is 23.7 Å². The number of hydrogen-bond acceptors (Lipinski definition) is 3. The molecule has 1 N–H and O–H groups in total. The lowest BCUT2D eigenvalue weighted by Crippen LogP contribution is -2.32. The lowest BCUT2D eigenvalue weighted by molar-refractivity contribution is -0.123. The van der Waals surface area contributed by atoms with Crippen LogP contribution in [0.3, 0.4) is 0 Å². The van der Waals surface area contributed by atoms with Gasteiger partial charge in [-0.05, 0) is 54.7 Å². The monoisotopic (exact) mass is 358 g/mol. The van der Waals surface area contributed by atoms with Crippen LogP contribution >= 0.6 is 0 Å². The number of carbonyl (C=O) groups is 3. The minimum absolute atomic E-state index is 0.108. The van der Waals surface area contributed by atoms with Crippen LogP contribution in [0.2, 0.25) is 0 Å². The number of imide groups is 1. The van der Waals surface area contributed by atoms with E-state index in [0.29, 0.717) is 16.9 Å². The van der Waals surface area contributed by atoms with Gasteiger partial charge in [-0.2, -0.15) is 0 Å². The number of rotatable bonds is 3. The zero-order chi connectivity index (χ0) is 18.5. The maximum atomic E-state index is 12.8. The van der Waals surface area contributed by atoms with Gasteiger partial charge in [0.05, 0.1) is 17.5 Å². The summed E-state index contributed by atoms with van der Waals surface area (Å²) >= 11 is 0. The number of nitrogens with one attached hydrogen (secondary N) is 1. The van der Waals surface area contributed by atoms with E-state index in [0.717, 1.165) is 6.42 Å². The molecule has 0 unspecified atom stereocenters. The third kappa shape index (κ3) is 2.42. The van der Waals surface area contributed by atoms with Crippen LogP contribution in [0.5, 0.6) is 0 Å². The molecule has 5 rings (SSSR count). The summed E-state index contributed by atoms with van der Waals surface area (Å²) < 4.78 is 0. The summed E-state index contributed by atoms with van der Waals surface area (Å²) in [5.74, 6) is -0.491. The Bertz CT molecular complexity index is 935. The van der Waals surface area contributed by atoms with Crippen molar-refractivity contribution in [1.29, 1.82) is 0 Å². The van der Waals surface area contributed by atoms with E-state index in [1.54, 1.807) is 24.3 Å². The van der Waals surface area contributed by atoms with Crippen LogP contribution in [-0.4, -0.2) is 17.7 Å². The first-order valence-electron chi connectivity index (χ1n) is 9.16. The Balaban J connectivity index is 1.36. The average Bonchev–Trinajstić information content (AvgIpc) is 3.37. The zero-order valence-corrected chi connectivity index (χ0v) is 14.5. The molecule has 1 saturated heterocycles. The topological polar surface area (TPSA) is 66.5 Å². The number of carbonyl (C=O) groups excluding carboxylic acids is 3. The van der Waals surface area contributed by atoms with Crippen LogP contribution in [0.4, 0.5) is 11.4 Å². The van der Waals surface area contributed by atoms with Crippen LogP contribution in [-0.2, 0) is 9.59 Å². The summed E-state index contributed by atoms with van der Waals surface area (Å²) in [6.45, 7) is 0. The van der Waals surface area contributed by atoms with E-state index < -0.39 is 0 Å². The highest BCUT2D eigenvalue weighted by atomic mass is 16.2. The molecule has 1 aliphatic heterocycles. The molecule has 3 amide bonds. The fourth-order valence-corrected chi connectivity index (χ4v) is 4.64. The molecule has 0 spiro atoms.